The molecule has 6 unspecified atom stereocenters. The number of carbonyl (C=O) groups excluding carboxylic acids is 1. The van der Waals surface area contributed by atoms with E-state index >= 15 is 0 Å². The number of allylic oxidation sites excluding steroid dienone is 8. The molecule has 0 aromatic heterocycles. The van der Waals surface area contributed by atoms with Crippen molar-refractivity contribution in [1.82, 2.24) is 0 Å². The summed E-state index contributed by atoms with van der Waals surface area (Å²) in [5, 5.41) is 30.7. The molecular formula is C52H94O12S. The van der Waals surface area contributed by atoms with Crippen molar-refractivity contribution in [3.63, 3.8) is 0 Å². The van der Waals surface area contributed by atoms with Gasteiger partial charge >= 0.3 is 16.4 Å². The lowest BCUT2D eigenvalue weighted by Crippen LogP contribution is -2.60. The van der Waals surface area contributed by atoms with Gasteiger partial charge in [0.1, 0.15) is 30.5 Å². The van der Waals surface area contributed by atoms with E-state index in [1.54, 1.807) is 0 Å². The third-order valence-electron chi connectivity index (χ3n) is 11.7. The van der Waals surface area contributed by atoms with Crippen molar-refractivity contribution in [3.8, 4) is 0 Å². The van der Waals surface area contributed by atoms with Gasteiger partial charge in [0.05, 0.1) is 19.8 Å². The van der Waals surface area contributed by atoms with E-state index in [-0.39, 0.29) is 19.6 Å². The maximum absolute atomic E-state index is 12.9. The van der Waals surface area contributed by atoms with E-state index in [0.717, 1.165) is 70.6 Å². The van der Waals surface area contributed by atoms with Gasteiger partial charge in [0, 0.05) is 13.0 Å². The van der Waals surface area contributed by atoms with Gasteiger partial charge in [-0.1, -0.05) is 178 Å². The summed E-state index contributed by atoms with van der Waals surface area (Å²) in [6.07, 6.45) is 44.2. The van der Waals surface area contributed by atoms with E-state index in [9.17, 15) is 33.1 Å². The number of aliphatic hydroxyl groups excluding tert-OH is 3. The second kappa shape index (κ2) is 43.3. The zero-order valence-electron chi connectivity index (χ0n) is 40.8. The van der Waals surface area contributed by atoms with Gasteiger partial charge in [-0.25, -0.2) is 4.18 Å². The zero-order chi connectivity index (χ0) is 47.5. The van der Waals surface area contributed by atoms with Crippen molar-refractivity contribution >= 4 is 16.4 Å². The van der Waals surface area contributed by atoms with Crippen LogP contribution in [0.2, 0.25) is 0 Å². The van der Waals surface area contributed by atoms with Crippen LogP contribution in [0.5, 0.6) is 0 Å². The van der Waals surface area contributed by atoms with Crippen molar-refractivity contribution in [3.05, 3.63) is 48.6 Å². The number of ether oxygens (including phenoxy) is 4. The molecule has 1 saturated heterocycles. The fraction of sp³-hybridized carbons (Fsp3) is 0.827. The normalized spacial score (nSPS) is 20.0. The first-order valence-corrected chi connectivity index (χ1v) is 27.3. The average Bonchev–Trinajstić information content (AvgIpc) is 3.28. The van der Waals surface area contributed by atoms with Gasteiger partial charge in [0.25, 0.3) is 0 Å². The Morgan fingerprint density at radius 1 is 0.585 bits per heavy atom. The molecule has 1 rings (SSSR count). The smallest absolute Gasteiger partial charge is 0.397 e. The highest BCUT2D eigenvalue weighted by Crippen LogP contribution is 2.26. The fourth-order valence-corrected chi connectivity index (χ4v) is 8.24. The molecule has 0 radical (unpaired) electrons. The van der Waals surface area contributed by atoms with Crippen molar-refractivity contribution in [2.45, 2.75) is 250 Å². The Morgan fingerprint density at radius 3 is 1.48 bits per heavy atom. The molecule has 6 atom stereocenters. The van der Waals surface area contributed by atoms with Crippen LogP contribution < -0.4 is 0 Å². The Balaban J connectivity index is 2.36. The average molecular weight is 943 g/mol. The lowest BCUT2D eigenvalue weighted by molar-refractivity contribution is -0.301. The van der Waals surface area contributed by atoms with Crippen molar-refractivity contribution in [2.24, 2.45) is 0 Å². The summed E-state index contributed by atoms with van der Waals surface area (Å²) >= 11 is 0. The van der Waals surface area contributed by atoms with Crippen molar-refractivity contribution in [1.29, 1.82) is 0 Å². The molecule has 1 aliphatic rings. The predicted molar refractivity (Wildman–Crippen MR) is 262 cm³/mol. The van der Waals surface area contributed by atoms with E-state index in [0.29, 0.717) is 13.0 Å². The van der Waals surface area contributed by atoms with Crippen LogP contribution in [0, 0.1) is 0 Å². The Labute approximate surface area is 396 Å². The summed E-state index contributed by atoms with van der Waals surface area (Å²) in [4.78, 5) is 12.9. The second-order valence-corrected chi connectivity index (χ2v) is 18.8. The number of carbonyl (C=O) groups is 1. The Kier molecular flexibility index (Phi) is 40.7. The molecule has 1 fully saturated rings. The SMILES string of the molecule is CCCCCC/C=C\C/C=C\CCCCCCCC(=O)OC(COCCCCCCCCCCCC/C=C\C/C=C\CCCCCCC)COC1OC(CO)C(O)C(OS(=O)(=O)O)C1O. The molecular weight excluding hydrogens is 849 g/mol. The van der Waals surface area contributed by atoms with E-state index in [2.05, 4.69) is 66.6 Å². The summed E-state index contributed by atoms with van der Waals surface area (Å²) in [5.74, 6) is -0.413. The molecule has 1 heterocycles. The van der Waals surface area contributed by atoms with Crippen molar-refractivity contribution in [2.75, 3.05) is 26.4 Å². The van der Waals surface area contributed by atoms with Gasteiger partial charge < -0.3 is 34.3 Å². The Bertz CT molecular complexity index is 1320. The Morgan fingerprint density at radius 2 is 1.02 bits per heavy atom. The minimum absolute atomic E-state index is 0.0277. The third-order valence-corrected chi connectivity index (χ3v) is 12.1. The van der Waals surface area contributed by atoms with E-state index < -0.39 is 59.8 Å². The predicted octanol–water partition coefficient (Wildman–Crippen LogP) is 11.9. The minimum atomic E-state index is -5.07. The standard InChI is InChI=1S/C52H94O12S/c1-3-5-7-9-11-13-15-17-19-21-22-23-24-25-26-28-30-32-34-36-38-40-42-60-44-46(45-61-52-50(56)51(64-65(57,58)59)49(55)47(43-53)63-52)62-48(54)41-39-37-35-33-31-29-27-20-18-16-14-12-10-8-6-4-2/h14-17,20-22,27,46-47,49-53,55-56H,3-13,18-19,23-26,28-45H2,1-2H3,(H,57,58,59)/b16-14-,17-15-,22-21-,27-20-. The molecule has 12 nitrogen and oxygen atoms in total. The molecule has 0 amide bonds. The van der Waals surface area contributed by atoms with E-state index in [1.165, 1.54) is 116 Å². The first-order chi connectivity index (χ1) is 31.6. The van der Waals surface area contributed by atoms with Crippen LogP contribution in [0.25, 0.3) is 0 Å². The molecule has 0 bridgehead atoms. The van der Waals surface area contributed by atoms with Crippen LogP contribution in [-0.4, -0.2) is 97.5 Å². The number of unbranched alkanes of at least 4 members (excludes halogenated alkanes) is 24. The number of rotatable bonds is 45. The summed E-state index contributed by atoms with van der Waals surface area (Å²) < 4.78 is 59.2. The van der Waals surface area contributed by atoms with Gasteiger partial charge in [-0.2, -0.15) is 8.42 Å². The molecule has 13 heteroatoms. The van der Waals surface area contributed by atoms with Crippen LogP contribution >= 0.6 is 0 Å². The van der Waals surface area contributed by atoms with Crippen LogP contribution in [0.1, 0.15) is 213 Å². The number of aliphatic hydroxyl groups is 3. The highest BCUT2D eigenvalue weighted by molar-refractivity contribution is 7.80. The van der Waals surface area contributed by atoms with Crippen LogP contribution in [0.15, 0.2) is 48.6 Å². The quantitative estimate of drug-likeness (QED) is 0.0197. The molecule has 1 aliphatic heterocycles. The molecule has 4 N–H and O–H groups in total. The summed E-state index contributed by atoms with van der Waals surface area (Å²) in [6, 6.07) is 0. The number of hydrogen-bond acceptors (Lipinski definition) is 11. The van der Waals surface area contributed by atoms with Crippen molar-refractivity contribution < 1.29 is 56.2 Å². The topological polar surface area (TPSA) is 178 Å². The Hall–Kier alpha value is -1.94. The minimum Gasteiger partial charge on any atom is -0.457 e. The highest BCUT2D eigenvalue weighted by atomic mass is 32.3. The lowest BCUT2D eigenvalue weighted by Gasteiger charge is -2.41. The van der Waals surface area contributed by atoms with Gasteiger partial charge in [-0.05, 0) is 77.0 Å². The monoisotopic (exact) mass is 943 g/mol. The van der Waals surface area contributed by atoms with E-state index in [1.807, 2.05) is 0 Å². The second-order valence-electron chi connectivity index (χ2n) is 17.8. The molecule has 0 aromatic carbocycles. The molecule has 65 heavy (non-hydrogen) atoms. The maximum atomic E-state index is 12.9. The number of esters is 1. The first-order valence-electron chi connectivity index (χ1n) is 25.9. The highest BCUT2D eigenvalue weighted by Gasteiger charge is 2.48. The largest absolute Gasteiger partial charge is 0.457 e. The first kappa shape index (κ1) is 61.1. The zero-order valence-corrected chi connectivity index (χ0v) is 41.6. The van der Waals surface area contributed by atoms with Crippen LogP contribution in [-0.2, 0) is 38.3 Å². The van der Waals surface area contributed by atoms with Gasteiger partial charge in [0.15, 0.2) is 6.29 Å². The molecule has 0 aromatic rings. The van der Waals surface area contributed by atoms with Crippen LogP contribution in [0.4, 0.5) is 0 Å². The molecule has 380 valence electrons. The maximum Gasteiger partial charge on any atom is 0.397 e. The van der Waals surface area contributed by atoms with Crippen LogP contribution in [0.3, 0.4) is 0 Å². The van der Waals surface area contributed by atoms with Gasteiger partial charge in [0.2, 0.25) is 0 Å². The summed E-state index contributed by atoms with van der Waals surface area (Å²) in [6.45, 7) is 3.95. The lowest BCUT2D eigenvalue weighted by atomic mass is 9.99. The molecule has 0 aliphatic carbocycles. The summed E-state index contributed by atoms with van der Waals surface area (Å²) in [7, 11) is -5.07. The third kappa shape index (κ3) is 36.7. The molecule has 0 saturated carbocycles. The van der Waals surface area contributed by atoms with E-state index in [4.69, 9.17) is 18.9 Å². The molecule has 0 spiro atoms. The summed E-state index contributed by atoms with van der Waals surface area (Å²) in [5.41, 5.74) is 0. The van der Waals surface area contributed by atoms with Gasteiger partial charge in [-0.3, -0.25) is 9.35 Å². The fourth-order valence-electron chi connectivity index (χ4n) is 7.73. The van der Waals surface area contributed by atoms with Gasteiger partial charge in [-0.15, -0.1) is 0 Å². The number of hydrogen-bond donors (Lipinski definition) is 4.